The molecular weight excluding hydrogens is 504 g/mol. The van der Waals surface area contributed by atoms with Gasteiger partial charge in [0.2, 0.25) is 0 Å². The lowest BCUT2D eigenvalue weighted by Gasteiger charge is -2.49. The average Bonchev–Trinajstić information content (AvgIpc) is 2.94. The third-order valence-electron chi connectivity index (χ3n) is 6.08. The SMILES string of the molecule is COC(=O)C1=C(C(=O)OC)N(c2ccccc2)[C@@](O)(C(=O)OC)[C@H](C(=O)OC)C1c1cccc([N+](=O)[O-])c1. The lowest BCUT2D eigenvalue weighted by molar-refractivity contribution is -0.384. The molecule has 3 rings (SSSR count). The van der Waals surface area contributed by atoms with Gasteiger partial charge in [-0.3, -0.25) is 19.8 Å². The van der Waals surface area contributed by atoms with Crippen molar-refractivity contribution in [1.29, 1.82) is 0 Å². The number of anilines is 1. The summed E-state index contributed by atoms with van der Waals surface area (Å²) in [6.07, 6.45) is 0. The Morgan fingerprint density at radius 3 is 2.05 bits per heavy atom. The fraction of sp³-hybridized carbons (Fsp3) is 0.280. The van der Waals surface area contributed by atoms with Gasteiger partial charge in [-0.15, -0.1) is 0 Å². The molecule has 2 aromatic carbocycles. The van der Waals surface area contributed by atoms with E-state index in [2.05, 4.69) is 0 Å². The van der Waals surface area contributed by atoms with Crippen molar-refractivity contribution in [2.75, 3.05) is 33.3 Å². The number of nitro groups is 1. The highest BCUT2D eigenvalue weighted by Crippen LogP contribution is 2.50. The Bertz CT molecular complexity index is 1310. The topological polar surface area (TPSA) is 172 Å². The first kappa shape index (κ1) is 27.8. The smallest absolute Gasteiger partial charge is 0.360 e. The minimum atomic E-state index is -3.01. The number of benzene rings is 2. The quantitative estimate of drug-likeness (QED) is 0.238. The van der Waals surface area contributed by atoms with Crippen LogP contribution in [0.3, 0.4) is 0 Å². The molecule has 200 valence electrons. The van der Waals surface area contributed by atoms with Gasteiger partial charge in [-0.1, -0.05) is 30.3 Å². The number of non-ortho nitro benzene ring substituents is 1. The lowest BCUT2D eigenvalue weighted by atomic mass is 9.70. The van der Waals surface area contributed by atoms with E-state index in [0.717, 1.165) is 45.5 Å². The molecule has 0 saturated heterocycles. The van der Waals surface area contributed by atoms with Crippen LogP contribution >= 0.6 is 0 Å². The van der Waals surface area contributed by atoms with E-state index in [-0.39, 0.29) is 11.3 Å². The molecule has 0 amide bonds. The van der Waals surface area contributed by atoms with Crippen LogP contribution in [-0.2, 0) is 38.1 Å². The minimum absolute atomic E-state index is 0.00593. The van der Waals surface area contributed by atoms with Crippen LogP contribution in [0, 0.1) is 16.0 Å². The van der Waals surface area contributed by atoms with Crippen LogP contribution in [-0.4, -0.2) is 68.1 Å². The molecular formula is C25H24N2O11. The first-order valence-electron chi connectivity index (χ1n) is 11.0. The van der Waals surface area contributed by atoms with Gasteiger partial charge in [0, 0.05) is 23.7 Å². The number of esters is 4. The van der Waals surface area contributed by atoms with Crippen molar-refractivity contribution in [3.8, 4) is 0 Å². The van der Waals surface area contributed by atoms with Crippen LogP contribution in [0.4, 0.5) is 11.4 Å². The summed E-state index contributed by atoms with van der Waals surface area (Å²) in [5, 5.41) is 23.7. The van der Waals surface area contributed by atoms with Crippen LogP contribution < -0.4 is 4.90 Å². The Kier molecular flexibility index (Phi) is 8.11. The largest absolute Gasteiger partial charge is 0.469 e. The van der Waals surface area contributed by atoms with Crippen LogP contribution in [0.2, 0.25) is 0 Å². The molecule has 0 aliphatic carbocycles. The summed E-state index contributed by atoms with van der Waals surface area (Å²) in [6, 6.07) is 12.2. The molecule has 38 heavy (non-hydrogen) atoms. The summed E-state index contributed by atoms with van der Waals surface area (Å²) in [5.74, 6) is -8.57. The van der Waals surface area contributed by atoms with Gasteiger partial charge in [0.05, 0.1) is 38.9 Å². The van der Waals surface area contributed by atoms with Gasteiger partial charge >= 0.3 is 23.9 Å². The van der Waals surface area contributed by atoms with Gasteiger partial charge in [0.25, 0.3) is 11.4 Å². The molecule has 0 fully saturated rings. The van der Waals surface area contributed by atoms with Gasteiger partial charge in [-0.05, 0) is 17.7 Å². The molecule has 0 bridgehead atoms. The van der Waals surface area contributed by atoms with Crippen molar-refractivity contribution in [2.45, 2.75) is 11.6 Å². The number of nitrogens with zero attached hydrogens (tertiary/aromatic N) is 2. The maximum atomic E-state index is 13.3. The van der Waals surface area contributed by atoms with Crippen molar-refractivity contribution in [3.63, 3.8) is 0 Å². The van der Waals surface area contributed by atoms with Gasteiger partial charge in [-0.25, -0.2) is 14.4 Å². The predicted molar refractivity (Wildman–Crippen MR) is 128 cm³/mol. The number of aliphatic hydroxyl groups is 1. The van der Waals surface area contributed by atoms with Gasteiger partial charge in [0.15, 0.2) is 0 Å². The zero-order valence-corrected chi connectivity index (χ0v) is 20.8. The third-order valence-corrected chi connectivity index (χ3v) is 6.08. The number of para-hydroxylation sites is 1. The van der Waals surface area contributed by atoms with Gasteiger partial charge in [0.1, 0.15) is 11.6 Å². The molecule has 3 atom stereocenters. The fourth-order valence-electron chi connectivity index (χ4n) is 4.50. The van der Waals surface area contributed by atoms with Crippen LogP contribution in [0.25, 0.3) is 0 Å². The van der Waals surface area contributed by atoms with E-state index in [9.17, 15) is 34.4 Å². The van der Waals surface area contributed by atoms with Crippen molar-refractivity contribution < 1.29 is 48.2 Å². The average molecular weight is 528 g/mol. The highest BCUT2D eigenvalue weighted by atomic mass is 16.6. The van der Waals surface area contributed by atoms with E-state index in [1.165, 1.54) is 36.4 Å². The van der Waals surface area contributed by atoms with Crippen molar-refractivity contribution >= 4 is 35.3 Å². The number of methoxy groups -OCH3 is 4. The Morgan fingerprint density at radius 1 is 0.895 bits per heavy atom. The maximum absolute atomic E-state index is 13.3. The third kappa shape index (κ3) is 4.54. The molecule has 0 spiro atoms. The van der Waals surface area contributed by atoms with E-state index in [0.29, 0.717) is 0 Å². The number of hydrogen-bond donors (Lipinski definition) is 1. The van der Waals surface area contributed by atoms with Crippen molar-refractivity contribution in [2.24, 2.45) is 5.92 Å². The second-order valence-corrected chi connectivity index (χ2v) is 7.96. The summed E-state index contributed by atoms with van der Waals surface area (Å²) < 4.78 is 19.6. The van der Waals surface area contributed by atoms with E-state index >= 15 is 0 Å². The first-order valence-corrected chi connectivity index (χ1v) is 11.0. The zero-order valence-electron chi connectivity index (χ0n) is 20.8. The summed E-state index contributed by atoms with van der Waals surface area (Å²) in [4.78, 5) is 64.8. The number of rotatable bonds is 7. The molecule has 1 heterocycles. The van der Waals surface area contributed by atoms with Crippen LogP contribution in [0.5, 0.6) is 0 Å². The lowest BCUT2D eigenvalue weighted by Crippen LogP contribution is -2.67. The molecule has 13 heteroatoms. The zero-order chi connectivity index (χ0) is 28.2. The Labute approximate surface area is 216 Å². The summed E-state index contributed by atoms with van der Waals surface area (Å²) in [7, 11) is 3.93. The summed E-state index contributed by atoms with van der Waals surface area (Å²) in [5.41, 5.74) is -4.70. The van der Waals surface area contributed by atoms with Crippen molar-refractivity contribution in [1.82, 2.24) is 0 Å². The number of carbonyl (C=O) groups excluding carboxylic acids is 4. The Balaban J connectivity index is 2.61. The first-order chi connectivity index (χ1) is 18.1. The second kappa shape index (κ2) is 11.1. The predicted octanol–water partition coefficient (Wildman–Crippen LogP) is 1.45. The Morgan fingerprint density at radius 2 is 1.53 bits per heavy atom. The summed E-state index contributed by atoms with van der Waals surface area (Å²) in [6.45, 7) is 0. The molecule has 1 aliphatic heterocycles. The molecule has 13 nitrogen and oxygen atoms in total. The maximum Gasteiger partial charge on any atom is 0.360 e. The van der Waals surface area contributed by atoms with Gasteiger partial charge in [-0.2, -0.15) is 0 Å². The number of hydrogen-bond acceptors (Lipinski definition) is 12. The van der Waals surface area contributed by atoms with Crippen LogP contribution in [0.1, 0.15) is 11.5 Å². The Hall–Kier alpha value is -4.78. The molecule has 2 aromatic rings. The fourth-order valence-corrected chi connectivity index (χ4v) is 4.50. The summed E-state index contributed by atoms with van der Waals surface area (Å²) >= 11 is 0. The standard InChI is InChI=1S/C25H24N2O11/c1-35-21(28)18-17(14-9-8-12-16(13-14)27(33)34)19(22(29)36-2)25(32,24(31)38-4)26(20(18)23(30)37-3)15-10-6-5-7-11-15/h5-13,17,19,32H,1-4H3/t17?,19-,25-/m0/s1. The molecule has 1 unspecified atom stereocenters. The van der Waals surface area contributed by atoms with Gasteiger partial charge < -0.3 is 24.1 Å². The normalized spacial score (nSPS) is 20.8. The second-order valence-electron chi connectivity index (χ2n) is 7.96. The van der Waals surface area contributed by atoms with E-state index in [1.807, 2.05) is 0 Å². The number of nitro benzene ring substituents is 1. The number of carbonyl (C=O) groups is 4. The highest BCUT2D eigenvalue weighted by Gasteiger charge is 2.65. The molecule has 1 N–H and O–H groups in total. The molecule has 0 saturated carbocycles. The van der Waals surface area contributed by atoms with E-state index < -0.39 is 63.3 Å². The monoisotopic (exact) mass is 528 g/mol. The van der Waals surface area contributed by atoms with E-state index in [1.54, 1.807) is 6.07 Å². The minimum Gasteiger partial charge on any atom is -0.469 e. The van der Waals surface area contributed by atoms with Crippen LogP contribution in [0.15, 0.2) is 65.9 Å². The molecule has 1 aliphatic rings. The highest BCUT2D eigenvalue weighted by molar-refractivity contribution is 6.09. The number of ether oxygens (including phenoxy) is 4. The van der Waals surface area contributed by atoms with E-state index in [4.69, 9.17) is 18.9 Å². The molecule has 0 radical (unpaired) electrons. The van der Waals surface area contributed by atoms with Crippen molar-refractivity contribution in [3.05, 3.63) is 81.5 Å². The molecule has 0 aromatic heterocycles.